The van der Waals surface area contributed by atoms with Gasteiger partial charge in [-0.25, -0.2) is 13.2 Å². The topological polar surface area (TPSA) is 60.9 Å². The zero-order valence-corrected chi connectivity index (χ0v) is 14.9. The van der Waals surface area contributed by atoms with E-state index in [1.54, 1.807) is 35.2 Å². The first kappa shape index (κ1) is 17.2. The van der Waals surface area contributed by atoms with Gasteiger partial charge in [-0.1, -0.05) is 18.2 Å². The van der Waals surface area contributed by atoms with Gasteiger partial charge >= 0.3 is 6.03 Å². The first-order valence-electron chi connectivity index (χ1n) is 8.61. The quantitative estimate of drug-likeness (QED) is 0.819. The number of carbonyl (C=O) groups excluding carboxylic acids is 1. The van der Waals surface area contributed by atoms with Crippen molar-refractivity contribution in [3.05, 3.63) is 30.3 Å². The van der Waals surface area contributed by atoms with Crippen LogP contribution in [0.2, 0.25) is 0 Å². The van der Waals surface area contributed by atoms with Crippen LogP contribution in [0.15, 0.2) is 35.2 Å². The molecule has 0 spiro atoms. The Morgan fingerprint density at radius 2 is 1.67 bits per heavy atom. The van der Waals surface area contributed by atoms with E-state index in [0.717, 1.165) is 19.4 Å². The Morgan fingerprint density at radius 3 is 2.29 bits per heavy atom. The van der Waals surface area contributed by atoms with Crippen LogP contribution in [0.4, 0.5) is 4.79 Å². The van der Waals surface area contributed by atoms with Gasteiger partial charge in [-0.3, -0.25) is 0 Å². The minimum atomic E-state index is -3.47. The van der Waals surface area contributed by atoms with Crippen LogP contribution >= 0.6 is 0 Å². The van der Waals surface area contributed by atoms with Crippen molar-refractivity contribution in [1.82, 2.24) is 14.1 Å². The Balaban J connectivity index is 1.62. The molecule has 1 atom stereocenters. The smallest absolute Gasteiger partial charge is 0.320 e. The molecule has 0 aromatic heterocycles. The van der Waals surface area contributed by atoms with Gasteiger partial charge in [-0.05, 0) is 38.3 Å². The van der Waals surface area contributed by atoms with E-state index in [1.807, 2.05) is 4.90 Å². The van der Waals surface area contributed by atoms with Crippen molar-refractivity contribution in [1.29, 1.82) is 0 Å². The summed E-state index contributed by atoms with van der Waals surface area (Å²) in [5.41, 5.74) is 0. The Bertz CT molecular complexity index is 670. The van der Waals surface area contributed by atoms with Crippen molar-refractivity contribution in [2.45, 2.75) is 37.1 Å². The number of likely N-dealkylation sites (tertiary alicyclic amines) is 1. The summed E-state index contributed by atoms with van der Waals surface area (Å²) in [4.78, 5) is 16.7. The van der Waals surface area contributed by atoms with Crippen LogP contribution in [0.5, 0.6) is 0 Å². The van der Waals surface area contributed by atoms with Crippen molar-refractivity contribution in [2.24, 2.45) is 0 Å². The molecule has 132 valence electrons. The fourth-order valence-electron chi connectivity index (χ4n) is 3.43. The van der Waals surface area contributed by atoms with E-state index in [-0.39, 0.29) is 12.1 Å². The first-order valence-corrected chi connectivity index (χ1v) is 10.0. The van der Waals surface area contributed by atoms with Gasteiger partial charge in [0, 0.05) is 38.8 Å². The molecule has 3 rings (SSSR count). The van der Waals surface area contributed by atoms with Crippen molar-refractivity contribution in [2.75, 3.05) is 32.7 Å². The highest BCUT2D eigenvalue weighted by Gasteiger charge is 2.33. The largest absolute Gasteiger partial charge is 0.322 e. The van der Waals surface area contributed by atoms with Gasteiger partial charge in [0.2, 0.25) is 10.0 Å². The van der Waals surface area contributed by atoms with E-state index in [2.05, 4.69) is 6.92 Å². The maximum atomic E-state index is 12.7. The zero-order chi connectivity index (χ0) is 17.2. The molecule has 2 heterocycles. The van der Waals surface area contributed by atoms with Gasteiger partial charge in [0.05, 0.1) is 4.90 Å². The SMILES string of the molecule is C[C@H]1CCCCN1C(=O)N1CCN(S(=O)(=O)c2ccccc2)CC1. The standard InChI is InChI=1S/C17H25N3O3S/c1-15-7-5-6-10-20(15)17(21)18-11-13-19(14-12-18)24(22,23)16-8-3-2-4-9-16/h2-4,8-9,15H,5-7,10-14H2,1H3/t15-/m0/s1. The van der Waals surface area contributed by atoms with E-state index >= 15 is 0 Å². The highest BCUT2D eigenvalue weighted by Crippen LogP contribution is 2.21. The third-order valence-corrected chi connectivity index (χ3v) is 6.85. The van der Waals surface area contributed by atoms with E-state index in [1.165, 1.54) is 10.7 Å². The average molecular weight is 351 g/mol. The molecule has 0 bridgehead atoms. The lowest BCUT2D eigenvalue weighted by Gasteiger charge is -2.40. The fraction of sp³-hybridized carbons (Fsp3) is 0.588. The van der Waals surface area contributed by atoms with Gasteiger partial charge in [0.1, 0.15) is 0 Å². The average Bonchev–Trinajstić information content (AvgIpc) is 2.62. The third-order valence-electron chi connectivity index (χ3n) is 4.94. The Morgan fingerprint density at radius 1 is 1.00 bits per heavy atom. The second-order valence-electron chi connectivity index (χ2n) is 6.52. The molecule has 2 fully saturated rings. The molecule has 2 aliphatic heterocycles. The third kappa shape index (κ3) is 3.42. The predicted molar refractivity (Wildman–Crippen MR) is 92.2 cm³/mol. The minimum absolute atomic E-state index is 0.0546. The Hall–Kier alpha value is -1.60. The van der Waals surface area contributed by atoms with Crippen LogP contribution in [-0.2, 0) is 10.0 Å². The molecular weight excluding hydrogens is 326 g/mol. The number of benzene rings is 1. The van der Waals surface area contributed by atoms with Crippen LogP contribution in [0, 0.1) is 0 Å². The summed E-state index contributed by atoms with van der Waals surface area (Å²) in [5.74, 6) is 0. The zero-order valence-electron chi connectivity index (χ0n) is 14.1. The normalized spacial score (nSPS) is 23.3. The number of carbonyl (C=O) groups is 1. The predicted octanol–water partition coefficient (Wildman–Crippen LogP) is 1.99. The van der Waals surface area contributed by atoms with Crippen LogP contribution in [-0.4, -0.2) is 67.3 Å². The lowest BCUT2D eigenvalue weighted by atomic mass is 10.0. The summed E-state index contributed by atoms with van der Waals surface area (Å²) in [6.07, 6.45) is 3.28. The summed E-state index contributed by atoms with van der Waals surface area (Å²) < 4.78 is 26.7. The van der Waals surface area contributed by atoms with Gasteiger partial charge < -0.3 is 9.80 Å². The number of hydrogen-bond acceptors (Lipinski definition) is 3. The number of urea groups is 1. The number of hydrogen-bond donors (Lipinski definition) is 0. The Kier molecular flexibility index (Phi) is 5.10. The highest BCUT2D eigenvalue weighted by molar-refractivity contribution is 7.89. The van der Waals surface area contributed by atoms with Gasteiger partial charge in [-0.2, -0.15) is 4.31 Å². The first-order chi connectivity index (χ1) is 11.5. The lowest BCUT2D eigenvalue weighted by molar-refractivity contribution is 0.107. The molecule has 1 aromatic rings. The number of nitrogens with zero attached hydrogens (tertiary/aromatic N) is 3. The van der Waals surface area contributed by atoms with Crippen molar-refractivity contribution < 1.29 is 13.2 Å². The fourth-order valence-corrected chi connectivity index (χ4v) is 4.87. The van der Waals surface area contributed by atoms with Crippen LogP contribution in [0.3, 0.4) is 0 Å². The second-order valence-corrected chi connectivity index (χ2v) is 8.46. The molecule has 2 saturated heterocycles. The highest BCUT2D eigenvalue weighted by atomic mass is 32.2. The summed E-state index contributed by atoms with van der Waals surface area (Å²) in [6, 6.07) is 8.81. The van der Waals surface area contributed by atoms with Gasteiger partial charge in [0.15, 0.2) is 0 Å². The van der Waals surface area contributed by atoms with Crippen LogP contribution < -0.4 is 0 Å². The molecule has 1 aromatic carbocycles. The summed E-state index contributed by atoms with van der Waals surface area (Å²) in [5, 5.41) is 0. The second kappa shape index (κ2) is 7.11. The summed E-state index contributed by atoms with van der Waals surface area (Å²) in [7, 11) is -3.47. The summed E-state index contributed by atoms with van der Waals surface area (Å²) in [6.45, 7) is 4.51. The van der Waals surface area contributed by atoms with Crippen molar-refractivity contribution in [3.63, 3.8) is 0 Å². The maximum absolute atomic E-state index is 12.7. The van der Waals surface area contributed by atoms with E-state index in [9.17, 15) is 13.2 Å². The lowest BCUT2D eigenvalue weighted by Crippen LogP contribution is -2.56. The molecule has 2 aliphatic rings. The maximum Gasteiger partial charge on any atom is 0.320 e. The molecule has 6 nitrogen and oxygen atoms in total. The molecule has 0 radical (unpaired) electrons. The van der Waals surface area contributed by atoms with Crippen molar-refractivity contribution >= 4 is 16.1 Å². The molecule has 24 heavy (non-hydrogen) atoms. The number of sulfonamides is 1. The molecular formula is C17H25N3O3S. The van der Waals surface area contributed by atoms with E-state index in [0.29, 0.717) is 31.1 Å². The molecule has 7 heteroatoms. The van der Waals surface area contributed by atoms with Crippen LogP contribution in [0.1, 0.15) is 26.2 Å². The number of amides is 2. The van der Waals surface area contributed by atoms with Gasteiger partial charge in [-0.15, -0.1) is 0 Å². The van der Waals surface area contributed by atoms with E-state index < -0.39 is 10.0 Å². The minimum Gasteiger partial charge on any atom is -0.322 e. The molecule has 0 saturated carbocycles. The number of piperidine rings is 1. The molecule has 0 aliphatic carbocycles. The monoisotopic (exact) mass is 351 g/mol. The number of piperazine rings is 1. The Labute approximate surface area is 144 Å². The van der Waals surface area contributed by atoms with Gasteiger partial charge in [0.25, 0.3) is 0 Å². The van der Waals surface area contributed by atoms with Crippen LogP contribution in [0.25, 0.3) is 0 Å². The van der Waals surface area contributed by atoms with Crippen molar-refractivity contribution in [3.8, 4) is 0 Å². The molecule has 0 N–H and O–H groups in total. The van der Waals surface area contributed by atoms with E-state index in [4.69, 9.17) is 0 Å². The number of rotatable bonds is 2. The summed E-state index contributed by atoms with van der Waals surface area (Å²) >= 11 is 0. The molecule has 2 amide bonds. The molecule has 0 unspecified atom stereocenters.